The Morgan fingerprint density at radius 3 is 0.590 bits per heavy atom. The van der Waals surface area contributed by atoms with Crippen molar-refractivity contribution >= 4 is 39.5 Å². The van der Waals surface area contributed by atoms with Crippen LogP contribution in [0.1, 0.15) is 439 Å². The second-order valence-corrected chi connectivity index (χ2v) is 32.1. The van der Waals surface area contributed by atoms with E-state index in [4.69, 9.17) is 37.0 Å². The molecule has 0 aromatic carbocycles. The number of aliphatic hydroxyl groups excluding tert-OH is 1. The zero-order valence-corrected chi connectivity index (χ0v) is 67.0. The predicted octanol–water partition coefficient (Wildman–Crippen LogP) is 24.6. The molecule has 0 heterocycles. The molecule has 0 aliphatic heterocycles. The van der Waals surface area contributed by atoms with Gasteiger partial charge in [0, 0.05) is 25.7 Å². The fourth-order valence-electron chi connectivity index (χ4n) is 12.6. The molecule has 0 saturated carbocycles. The summed E-state index contributed by atoms with van der Waals surface area (Å²) in [5.41, 5.74) is 0. The molecule has 0 aromatic rings. The Bertz CT molecular complexity index is 1890. The van der Waals surface area contributed by atoms with Crippen LogP contribution in [0.3, 0.4) is 0 Å². The Labute approximate surface area is 613 Å². The first-order valence-electron chi connectivity index (χ1n) is 42.3. The molecule has 0 radical (unpaired) electrons. The number of aliphatic hydroxyl groups is 1. The van der Waals surface area contributed by atoms with Gasteiger partial charge in [-0.05, 0) is 25.7 Å². The summed E-state index contributed by atoms with van der Waals surface area (Å²) in [6, 6.07) is 0. The first-order valence-corrected chi connectivity index (χ1v) is 45.3. The molecule has 0 fully saturated rings. The maximum Gasteiger partial charge on any atom is 0.472 e. The molecule has 0 aromatic heterocycles. The van der Waals surface area contributed by atoms with E-state index >= 15 is 0 Å². The van der Waals surface area contributed by atoms with Crippen molar-refractivity contribution < 1.29 is 80.2 Å². The van der Waals surface area contributed by atoms with Crippen molar-refractivity contribution in [3.8, 4) is 0 Å². The second-order valence-electron chi connectivity index (χ2n) is 29.2. The number of esters is 4. The van der Waals surface area contributed by atoms with E-state index in [0.717, 1.165) is 89.9 Å². The summed E-state index contributed by atoms with van der Waals surface area (Å²) >= 11 is 0. The van der Waals surface area contributed by atoms with Gasteiger partial charge in [-0.1, -0.05) is 387 Å². The minimum absolute atomic E-state index is 0.109. The number of carbonyl (C=O) groups is 4. The standard InChI is InChI=1S/C81H158O17P2/c1-5-9-13-17-21-25-29-33-36-37-40-44-48-52-56-60-64-68-81(86)98-77(72-92-79(84)66-62-58-54-50-46-43-39-35-31-27-23-19-15-11-7-3)74-96-100(89,90)94-70-75(82)69-93-99(87,88)95-73-76(97-80(85)67-63-59-55-51-47-41-32-28-24-20-16-12-8-4)71-91-78(83)65-61-57-53-49-45-42-38-34-30-26-22-18-14-10-6-2/h75-77,82H,5-74H2,1-4H3,(H,87,88)(H,89,90)/t75-,76+,77+/m0/s1. The average Bonchev–Trinajstić information content (AvgIpc) is 0.962. The highest BCUT2D eigenvalue weighted by atomic mass is 31.2. The summed E-state index contributed by atoms with van der Waals surface area (Å²) in [6.07, 6.45) is 67.8. The van der Waals surface area contributed by atoms with Crippen LogP contribution in [0, 0.1) is 0 Å². The van der Waals surface area contributed by atoms with Crippen LogP contribution in [-0.2, 0) is 65.4 Å². The van der Waals surface area contributed by atoms with Gasteiger partial charge in [0.25, 0.3) is 0 Å². The van der Waals surface area contributed by atoms with Crippen LogP contribution in [0.5, 0.6) is 0 Å². The van der Waals surface area contributed by atoms with E-state index in [0.29, 0.717) is 25.7 Å². The van der Waals surface area contributed by atoms with Crippen molar-refractivity contribution in [3.63, 3.8) is 0 Å². The lowest BCUT2D eigenvalue weighted by atomic mass is 10.0. The Hall–Kier alpha value is -1.94. The molecule has 0 saturated heterocycles. The summed E-state index contributed by atoms with van der Waals surface area (Å²) < 4.78 is 68.8. The molecular formula is C81H158O17P2. The van der Waals surface area contributed by atoms with Gasteiger partial charge in [-0.2, -0.15) is 0 Å². The van der Waals surface area contributed by atoms with Crippen LogP contribution in [0.25, 0.3) is 0 Å². The minimum Gasteiger partial charge on any atom is -0.462 e. The van der Waals surface area contributed by atoms with E-state index < -0.39 is 97.5 Å². The predicted molar refractivity (Wildman–Crippen MR) is 409 cm³/mol. The Morgan fingerprint density at radius 2 is 0.400 bits per heavy atom. The summed E-state index contributed by atoms with van der Waals surface area (Å²) in [5.74, 6) is -2.10. The molecule has 0 amide bonds. The maximum atomic E-state index is 13.1. The summed E-state index contributed by atoms with van der Waals surface area (Å²) in [5, 5.41) is 10.6. The molecule has 19 heteroatoms. The molecule has 100 heavy (non-hydrogen) atoms. The van der Waals surface area contributed by atoms with Gasteiger partial charge in [0.1, 0.15) is 19.3 Å². The zero-order valence-electron chi connectivity index (χ0n) is 65.2. The third-order valence-electron chi connectivity index (χ3n) is 19.1. The molecule has 0 rings (SSSR count). The van der Waals surface area contributed by atoms with Gasteiger partial charge in [0.15, 0.2) is 12.2 Å². The SMILES string of the molecule is CCCCCCCCCCCCCCCCCCCC(=O)O[C@H](COC(=O)CCCCCCCCCCCCCCCCC)COP(=O)(O)OC[C@@H](O)COP(=O)(O)OC[C@@H](COC(=O)CCCCCCCCCCCCCCCCC)OC(=O)CCCCCCCCCCCCCCC. The van der Waals surface area contributed by atoms with Gasteiger partial charge in [0.05, 0.1) is 26.4 Å². The molecule has 0 bridgehead atoms. The number of phosphoric ester groups is 2. The topological polar surface area (TPSA) is 237 Å². The van der Waals surface area contributed by atoms with Crippen LogP contribution in [0.4, 0.5) is 0 Å². The van der Waals surface area contributed by atoms with Crippen LogP contribution in [0.15, 0.2) is 0 Å². The number of ether oxygens (including phenoxy) is 4. The molecule has 17 nitrogen and oxygen atoms in total. The van der Waals surface area contributed by atoms with Crippen LogP contribution in [-0.4, -0.2) is 96.7 Å². The van der Waals surface area contributed by atoms with Crippen molar-refractivity contribution in [2.45, 2.75) is 457 Å². The third-order valence-corrected chi connectivity index (χ3v) is 21.0. The first-order chi connectivity index (χ1) is 48.7. The van der Waals surface area contributed by atoms with Crippen molar-refractivity contribution in [2.24, 2.45) is 0 Å². The monoisotopic (exact) mass is 1470 g/mol. The van der Waals surface area contributed by atoms with E-state index in [9.17, 15) is 43.2 Å². The fourth-order valence-corrected chi connectivity index (χ4v) is 14.2. The number of rotatable bonds is 82. The van der Waals surface area contributed by atoms with Crippen molar-refractivity contribution in [3.05, 3.63) is 0 Å². The smallest absolute Gasteiger partial charge is 0.462 e. The van der Waals surface area contributed by atoms with Crippen molar-refractivity contribution in [2.75, 3.05) is 39.6 Å². The molecule has 594 valence electrons. The van der Waals surface area contributed by atoms with Gasteiger partial charge in [-0.15, -0.1) is 0 Å². The highest BCUT2D eigenvalue weighted by Crippen LogP contribution is 2.45. The van der Waals surface area contributed by atoms with E-state index in [2.05, 4.69) is 27.7 Å². The Morgan fingerprint density at radius 1 is 0.240 bits per heavy atom. The summed E-state index contributed by atoms with van der Waals surface area (Å²) in [4.78, 5) is 73.1. The van der Waals surface area contributed by atoms with Crippen LogP contribution >= 0.6 is 15.6 Å². The molecular weight excluding hydrogens is 1310 g/mol. The van der Waals surface area contributed by atoms with E-state index in [1.54, 1.807) is 0 Å². The number of carbonyl (C=O) groups excluding carboxylic acids is 4. The van der Waals surface area contributed by atoms with Gasteiger partial charge in [0.2, 0.25) is 0 Å². The van der Waals surface area contributed by atoms with Crippen LogP contribution in [0.2, 0.25) is 0 Å². The normalized spacial score (nSPS) is 13.8. The molecule has 0 aliphatic rings. The summed E-state index contributed by atoms with van der Waals surface area (Å²) in [7, 11) is -9.92. The molecule has 0 aliphatic carbocycles. The van der Waals surface area contributed by atoms with E-state index in [1.807, 2.05) is 0 Å². The lowest BCUT2D eigenvalue weighted by Gasteiger charge is -2.21. The molecule has 3 N–H and O–H groups in total. The lowest BCUT2D eigenvalue weighted by Crippen LogP contribution is -2.30. The highest BCUT2D eigenvalue weighted by Gasteiger charge is 2.30. The van der Waals surface area contributed by atoms with Gasteiger partial charge < -0.3 is 33.8 Å². The van der Waals surface area contributed by atoms with Crippen molar-refractivity contribution in [1.82, 2.24) is 0 Å². The number of phosphoric acid groups is 2. The van der Waals surface area contributed by atoms with E-state index in [1.165, 1.54) is 270 Å². The molecule has 5 atom stereocenters. The zero-order chi connectivity index (χ0) is 73.2. The second kappa shape index (κ2) is 75.3. The first kappa shape index (κ1) is 98.1. The highest BCUT2D eigenvalue weighted by molar-refractivity contribution is 7.47. The fraction of sp³-hybridized carbons (Fsp3) is 0.951. The van der Waals surface area contributed by atoms with E-state index in [-0.39, 0.29) is 25.7 Å². The van der Waals surface area contributed by atoms with Gasteiger partial charge >= 0.3 is 39.5 Å². The van der Waals surface area contributed by atoms with Gasteiger partial charge in [-0.3, -0.25) is 37.3 Å². The van der Waals surface area contributed by atoms with Crippen molar-refractivity contribution in [1.29, 1.82) is 0 Å². The number of unbranched alkanes of at least 4 members (excludes halogenated alkanes) is 56. The van der Waals surface area contributed by atoms with Crippen LogP contribution < -0.4 is 0 Å². The lowest BCUT2D eigenvalue weighted by molar-refractivity contribution is -0.161. The molecule has 2 unspecified atom stereocenters. The maximum absolute atomic E-state index is 13.1. The van der Waals surface area contributed by atoms with Gasteiger partial charge in [-0.25, -0.2) is 9.13 Å². The summed E-state index contributed by atoms with van der Waals surface area (Å²) in [6.45, 7) is 5.04. The quantitative estimate of drug-likeness (QED) is 0.0222. The average molecular weight is 1470 g/mol. The number of hydrogen-bond acceptors (Lipinski definition) is 15. The largest absolute Gasteiger partial charge is 0.472 e. The Kier molecular flexibility index (Phi) is 73.8. The third kappa shape index (κ3) is 74.3. The molecule has 0 spiro atoms. The minimum atomic E-state index is -4.96. The number of hydrogen-bond donors (Lipinski definition) is 3. The Balaban J connectivity index is 5.26.